The van der Waals surface area contributed by atoms with Crippen molar-refractivity contribution in [3.63, 3.8) is 0 Å². The van der Waals surface area contributed by atoms with Crippen LogP contribution in [0.3, 0.4) is 0 Å². The highest BCUT2D eigenvalue weighted by molar-refractivity contribution is 5.99. The number of fused-ring (bicyclic) bond motifs is 1. The summed E-state index contributed by atoms with van der Waals surface area (Å²) in [6.07, 6.45) is 5.22. The number of hydrogen-bond acceptors (Lipinski definition) is 5. The number of aromatic amines is 1. The molecule has 0 aliphatic heterocycles. The number of hydrazone groups is 1. The number of H-pyrrole nitrogens is 1. The summed E-state index contributed by atoms with van der Waals surface area (Å²) in [5.74, 6) is 1.49. The van der Waals surface area contributed by atoms with Gasteiger partial charge in [0.2, 0.25) is 0 Å². The van der Waals surface area contributed by atoms with Crippen molar-refractivity contribution in [3.05, 3.63) is 48.4 Å². The maximum absolute atomic E-state index is 4.23. The Morgan fingerprint density at radius 1 is 1.24 bits per heavy atom. The van der Waals surface area contributed by atoms with Crippen LogP contribution in [0.25, 0.3) is 10.9 Å². The van der Waals surface area contributed by atoms with Crippen LogP contribution in [0.15, 0.2) is 48.0 Å². The van der Waals surface area contributed by atoms with Crippen molar-refractivity contribution in [1.29, 1.82) is 0 Å². The van der Waals surface area contributed by atoms with Gasteiger partial charge >= 0.3 is 0 Å². The van der Waals surface area contributed by atoms with Crippen LogP contribution in [-0.4, -0.2) is 35.3 Å². The van der Waals surface area contributed by atoms with Gasteiger partial charge in [-0.1, -0.05) is 18.2 Å². The predicted octanol–water partition coefficient (Wildman–Crippen LogP) is 2.47. The molecule has 2 heterocycles. The molecule has 0 amide bonds. The van der Waals surface area contributed by atoms with Crippen LogP contribution in [-0.2, 0) is 0 Å². The quantitative estimate of drug-likeness (QED) is 0.569. The molecule has 2 aromatic heterocycles. The van der Waals surface area contributed by atoms with Crippen molar-refractivity contribution in [2.45, 2.75) is 0 Å². The minimum Gasteiger partial charge on any atom is -0.363 e. The molecule has 21 heavy (non-hydrogen) atoms. The molecule has 0 aliphatic carbocycles. The van der Waals surface area contributed by atoms with E-state index in [-0.39, 0.29) is 0 Å². The molecule has 106 valence electrons. The minimum atomic E-state index is 0.657. The maximum Gasteiger partial charge on any atom is 0.151 e. The number of benzene rings is 1. The molecule has 0 atom stereocenters. The van der Waals surface area contributed by atoms with E-state index in [0.717, 1.165) is 22.3 Å². The summed E-state index contributed by atoms with van der Waals surface area (Å²) >= 11 is 0. The van der Waals surface area contributed by atoms with E-state index in [9.17, 15) is 0 Å². The lowest BCUT2D eigenvalue weighted by atomic mass is 10.2. The summed E-state index contributed by atoms with van der Waals surface area (Å²) in [5.41, 5.74) is 5.04. The van der Waals surface area contributed by atoms with E-state index in [0.29, 0.717) is 5.82 Å². The fourth-order valence-corrected chi connectivity index (χ4v) is 2.02. The zero-order chi connectivity index (χ0) is 14.7. The molecule has 0 saturated carbocycles. The Bertz CT molecular complexity index is 774. The van der Waals surface area contributed by atoms with Crippen LogP contribution in [0.4, 0.5) is 11.6 Å². The lowest BCUT2D eigenvalue weighted by Crippen LogP contribution is -2.11. The molecule has 0 spiro atoms. The second-order valence-corrected chi connectivity index (χ2v) is 4.82. The van der Waals surface area contributed by atoms with Gasteiger partial charge < -0.3 is 9.88 Å². The monoisotopic (exact) mass is 280 g/mol. The van der Waals surface area contributed by atoms with Gasteiger partial charge in [0.25, 0.3) is 0 Å². The Kier molecular flexibility index (Phi) is 3.51. The van der Waals surface area contributed by atoms with Gasteiger partial charge in [-0.25, -0.2) is 9.97 Å². The summed E-state index contributed by atoms with van der Waals surface area (Å²) in [7, 11) is 3.86. The third-order valence-electron chi connectivity index (χ3n) is 3.11. The zero-order valence-electron chi connectivity index (χ0n) is 11.9. The molecule has 0 radical (unpaired) electrons. The molecule has 0 fully saturated rings. The van der Waals surface area contributed by atoms with Gasteiger partial charge in [0.1, 0.15) is 12.1 Å². The second-order valence-electron chi connectivity index (χ2n) is 4.82. The van der Waals surface area contributed by atoms with E-state index >= 15 is 0 Å². The SMILES string of the molecule is CN(C)c1cc(N/N=C/c2c[nH]c3ccccc23)ncn1. The van der Waals surface area contributed by atoms with E-state index < -0.39 is 0 Å². The normalized spacial score (nSPS) is 11.1. The minimum absolute atomic E-state index is 0.657. The number of aromatic nitrogens is 3. The first-order chi connectivity index (χ1) is 10.2. The fourth-order valence-electron chi connectivity index (χ4n) is 2.02. The number of para-hydroxylation sites is 1. The van der Waals surface area contributed by atoms with Crippen LogP contribution in [0.2, 0.25) is 0 Å². The van der Waals surface area contributed by atoms with Crippen LogP contribution >= 0.6 is 0 Å². The largest absolute Gasteiger partial charge is 0.363 e. The molecule has 0 unspecified atom stereocenters. The first-order valence-corrected chi connectivity index (χ1v) is 6.58. The summed E-state index contributed by atoms with van der Waals surface area (Å²) in [6, 6.07) is 9.94. The summed E-state index contributed by atoms with van der Waals surface area (Å²) in [4.78, 5) is 13.4. The molecule has 6 heteroatoms. The van der Waals surface area contributed by atoms with Gasteiger partial charge in [-0.15, -0.1) is 0 Å². The molecule has 2 N–H and O–H groups in total. The summed E-state index contributed by atoms with van der Waals surface area (Å²) in [5, 5.41) is 5.37. The van der Waals surface area contributed by atoms with Crippen molar-refractivity contribution in [2.24, 2.45) is 5.10 Å². The Morgan fingerprint density at radius 3 is 2.95 bits per heavy atom. The smallest absolute Gasteiger partial charge is 0.151 e. The Balaban J connectivity index is 1.76. The van der Waals surface area contributed by atoms with E-state index in [1.807, 2.05) is 49.5 Å². The number of anilines is 2. The van der Waals surface area contributed by atoms with Gasteiger partial charge in [0.05, 0.1) is 6.21 Å². The average Bonchev–Trinajstić information content (AvgIpc) is 2.91. The standard InChI is InChI=1S/C15H16N6/c1-21(2)15-7-14(17-10-18-15)20-19-9-11-8-16-13-6-4-3-5-12(11)13/h3-10,16H,1-2H3,(H,17,18,20)/b19-9+. The lowest BCUT2D eigenvalue weighted by Gasteiger charge is -2.10. The fraction of sp³-hybridized carbons (Fsp3) is 0.133. The highest BCUT2D eigenvalue weighted by atomic mass is 15.3. The highest BCUT2D eigenvalue weighted by Crippen LogP contribution is 2.16. The predicted molar refractivity (Wildman–Crippen MR) is 85.9 cm³/mol. The van der Waals surface area contributed by atoms with Gasteiger partial charge in [-0.05, 0) is 6.07 Å². The third kappa shape index (κ3) is 2.84. The third-order valence-corrected chi connectivity index (χ3v) is 3.11. The molecular weight excluding hydrogens is 264 g/mol. The first-order valence-electron chi connectivity index (χ1n) is 6.58. The average molecular weight is 280 g/mol. The molecule has 0 aliphatic rings. The van der Waals surface area contributed by atoms with E-state index in [1.165, 1.54) is 6.33 Å². The Morgan fingerprint density at radius 2 is 2.10 bits per heavy atom. The molecular formula is C15H16N6. The topological polar surface area (TPSA) is 69.2 Å². The zero-order valence-corrected chi connectivity index (χ0v) is 11.9. The van der Waals surface area contributed by atoms with Crippen LogP contribution in [0, 0.1) is 0 Å². The van der Waals surface area contributed by atoms with Crippen molar-refractivity contribution in [3.8, 4) is 0 Å². The van der Waals surface area contributed by atoms with Gasteiger partial charge in [-0.3, -0.25) is 5.43 Å². The molecule has 1 aromatic carbocycles. The molecule has 3 rings (SSSR count). The van der Waals surface area contributed by atoms with Crippen LogP contribution in [0.5, 0.6) is 0 Å². The molecule has 6 nitrogen and oxygen atoms in total. The van der Waals surface area contributed by atoms with Crippen LogP contribution in [0.1, 0.15) is 5.56 Å². The highest BCUT2D eigenvalue weighted by Gasteiger charge is 2.01. The van der Waals surface area contributed by atoms with Crippen molar-refractivity contribution >= 4 is 28.8 Å². The van der Waals surface area contributed by atoms with E-state index in [1.54, 1.807) is 6.21 Å². The first kappa shape index (κ1) is 13.1. The van der Waals surface area contributed by atoms with Crippen molar-refractivity contribution < 1.29 is 0 Å². The van der Waals surface area contributed by atoms with E-state index in [2.05, 4.69) is 31.5 Å². The summed E-state index contributed by atoms with van der Waals surface area (Å²) in [6.45, 7) is 0. The maximum atomic E-state index is 4.23. The number of rotatable bonds is 4. The van der Waals surface area contributed by atoms with Gasteiger partial charge in [-0.2, -0.15) is 5.10 Å². The Labute approximate surface area is 122 Å². The van der Waals surface area contributed by atoms with Gasteiger partial charge in [0.15, 0.2) is 5.82 Å². The lowest BCUT2D eigenvalue weighted by molar-refractivity contribution is 1.03. The summed E-state index contributed by atoms with van der Waals surface area (Å²) < 4.78 is 0. The number of nitrogens with zero attached hydrogens (tertiary/aromatic N) is 4. The number of hydrogen-bond donors (Lipinski definition) is 2. The molecule has 3 aromatic rings. The van der Waals surface area contributed by atoms with Crippen LogP contribution < -0.4 is 10.3 Å². The molecule has 0 saturated heterocycles. The van der Waals surface area contributed by atoms with Gasteiger partial charge in [0, 0.05) is 42.8 Å². The van der Waals surface area contributed by atoms with Crippen molar-refractivity contribution in [2.75, 3.05) is 24.4 Å². The number of nitrogens with one attached hydrogen (secondary N) is 2. The Hall–Kier alpha value is -2.89. The van der Waals surface area contributed by atoms with E-state index in [4.69, 9.17) is 0 Å². The van der Waals surface area contributed by atoms with Crippen molar-refractivity contribution in [1.82, 2.24) is 15.0 Å². The molecule has 0 bridgehead atoms. The second kappa shape index (κ2) is 5.62.